The summed E-state index contributed by atoms with van der Waals surface area (Å²) in [5, 5.41) is 4.07. The van der Waals surface area contributed by atoms with E-state index < -0.39 is 34.2 Å². The molecule has 2 aromatic carbocycles. The summed E-state index contributed by atoms with van der Waals surface area (Å²) in [6.07, 6.45) is -2.61. The Morgan fingerprint density at radius 3 is 2.50 bits per heavy atom. The number of carbonyl (C=O) groups excluding carboxylic acids is 1. The van der Waals surface area contributed by atoms with Crippen molar-refractivity contribution in [3.05, 3.63) is 64.7 Å². The third kappa shape index (κ3) is 5.96. The second kappa shape index (κ2) is 8.61. The van der Waals surface area contributed by atoms with Gasteiger partial charge in [-0.05, 0) is 24.3 Å². The summed E-state index contributed by atoms with van der Waals surface area (Å²) in [6, 6.07) is 10.3. The number of hydrogen-bond donors (Lipinski definition) is 1. The van der Waals surface area contributed by atoms with Crippen molar-refractivity contribution in [1.29, 1.82) is 0 Å². The van der Waals surface area contributed by atoms with E-state index in [4.69, 9.17) is 11.6 Å². The number of benzene rings is 2. The predicted molar refractivity (Wildman–Crippen MR) is 101 cm³/mol. The van der Waals surface area contributed by atoms with Crippen LogP contribution < -0.4 is 9.73 Å². The van der Waals surface area contributed by atoms with Gasteiger partial charge in [0.2, 0.25) is 10.0 Å². The summed E-state index contributed by atoms with van der Waals surface area (Å²) in [6.45, 7) is -0.750. The molecule has 0 saturated carbocycles. The molecule has 0 heterocycles. The number of anilines is 1. The normalized spacial score (nSPS) is 12.2. The molecular weight excluding hydrogens is 419 g/mol. The highest BCUT2D eigenvalue weighted by Gasteiger charge is 2.31. The van der Waals surface area contributed by atoms with Crippen LogP contribution in [0.3, 0.4) is 0 Å². The van der Waals surface area contributed by atoms with Crippen LogP contribution in [0.2, 0.25) is 5.02 Å². The molecule has 0 bridgehead atoms. The van der Waals surface area contributed by atoms with E-state index in [1.165, 1.54) is 6.21 Å². The van der Waals surface area contributed by atoms with Crippen molar-refractivity contribution >= 4 is 39.4 Å². The second-order valence-corrected chi connectivity index (χ2v) is 7.95. The Morgan fingerprint density at radius 1 is 1.21 bits per heavy atom. The lowest BCUT2D eigenvalue weighted by Gasteiger charge is -2.22. The molecule has 0 spiro atoms. The second-order valence-electron chi connectivity index (χ2n) is 5.63. The molecule has 0 saturated heterocycles. The number of hydrazone groups is 1. The molecule has 2 aromatic rings. The first-order chi connectivity index (χ1) is 13.0. The van der Waals surface area contributed by atoms with Gasteiger partial charge in [-0.15, -0.1) is 0 Å². The molecule has 2 rings (SSSR count). The zero-order chi connectivity index (χ0) is 20.9. The number of amides is 1. The van der Waals surface area contributed by atoms with Crippen molar-refractivity contribution in [2.75, 3.05) is 17.1 Å². The lowest BCUT2D eigenvalue weighted by atomic mass is 10.2. The van der Waals surface area contributed by atoms with Crippen molar-refractivity contribution in [2.45, 2.75) is 6.18 Å². The zero-order valence-electron chi connectivity index (χ0n) is 14.4. The summed E-state index contributed by atoms with van der Waals surface area (Å²) < 4.78 is 63.1. The molecule has 6 nitrogen and oxygen atoms in total. The number of alkyl halides is 3. The van der Waals surface area contributed by atoms with Gasteiger partial charge in [-0.25, -0.2) is 13.8 Å². The fourth-order valence-electron chi connectivity index (χ4n) is 2.16. The third-order valence-electron chi connectivity index (χ3n) is 3.45. The fraction of sp³-hybridized carbons (Fsp3) is 0.176. The number of nitrogens with one attached hydrogen (secondary N) is 1. The maximum atomic E-state index is 12.9. The molecule has 0 aliphatic heterocycles. The first-order valence-corrected chi connectivity index (χ1v) is 9.92. The van der Waals surface area contributed by atoms with Gasteiger partial charge in [-0.2, -0.15) is 18.3 Å². The first-order valence-electron chi connectivity index (χ1n) is 7.70. The van der Waals surface area contributed by atoms with E-state index >= 15 is 0 Å². The molecule has 0 fully saturated rings. The number of nitrogens with zero attached hydrogens (tertiary/aromatic N) is 2. The third-order valence-corrected chi connectivity index (χ3v) is 4.93. The van der Waals surface area contributed by atoms with Gasteiger partial charge in [-0.3, -0.25) is 9.10 Å². The highest BCUT2D eigenvalue weighted by molar-refractivity contribution is 7.92. The minimum Gasteiger partial charge on any atom is -0.271 e. The molecule has 0 aliphatic rings. The van der Waals surface area contributed by atoms with Gasteiger partial charge in [0.25, 0.3) is 5.91 Å². The minimum absolute atomic E-state index is 0.289. The molecule has 1 amide bonds. The number of sulfonamides is 1. The van der Waals surface area contributed by atoms with Gasteiger partial charge < -0.3 is 0 Å². The Labute approximate surface area is 164 Å². The molecule has 0 unspecified atom stereocenters. The number of halogens is 4. The average Bonchev–Trinajstić information content (AvgIpc) is 2.60. The largest absolute Gasteiger partial charge is 0.416 e. The maximum Gasteiger partial charge on any atom is 0.416 e. The molecule has 0 aromatic heterocycles. The Balaban J connectivity index is 2.17. The summed E-state index contributed by atoms with van der Waals surface area (Å²) in [4.78, 5) is 12.0. The number of carbonyl (C=O) groups is 1. The summed E-state index contributed by atoms with van der Waals surface area (Å²) >= 11 is 5.93. The molecule has 1 N–H and O–H groups in total. The van der Waals surface area contributed by atoms with E-state index in [-0.39, 0.29) is 5.69 Å². The summed E-state index contributed by atoms with van der Waals surface area (Å²) in [5.41, 5.74) is 1.31. The van der Waals surface area contributed by atoms with E-state index in [0.717, 1.165) is 24.5 Å². The van der Waals surface area contributed by atoms with Gasteiger partial charge >= 0.3 is 6.18 Å². The fourth-order valence-corrected chi connectivity index (χ4v) is 3.19. The molecule has 11 heteroatoms. The molecular formula is C17H15ClF3N3O3S. The minimum atomic E-state index is -4.65. The van der Waals surface area contributed by atoms with E-state index in [1.807, 2.05) is 0 Å². The number of rotatable bonds is 6. The Morgan fingerprint density at radius 2 is 1.89 bits per heavy atom. The molecule has 0 radical (unpaired) electrons. The van der Waals surface area contributed by atoms with Gasteiger partial charge in [0, 0.05) is 10.6 Å². The van der Waals surface area contributed by atoms with Gasteiger partial charge in [0.1, 0.15) is 6.54 Å². The van der Waals surface area contributed by atoms with Crippen LogP contribution in [0.4, 0.5) is 18.9 Å². The Kier molecular flexibility index (Phi) is 6.68. The smallest absolute Gasteiger partial charge is 0.271 e. The monoisotopic (exact) mass is 433 g/mol. The van der Waals surface area contributed by atoms with Crippen molar-refractivity contribution in [2.24, 2.45) is 5.10 Å². The number of hydrogen-bond acceptors (Lipinski definition) is 4. The van der Waals surface area contributed by atoms with Crippen LogP contribution in [0.5, 0.6) is 0 Å². The van der Waals surface area contributed by atoms with Crippen molar-refractivity contribution in [3.63, 3.8) is 0 Å². The Hall–Kier alpha value is -2.59. The van der Waals surface area contributed by atoms with Crippen LogP contribution >= 0.6 is 11.6 Å². The van der Waals surface area contributed by atoms with Crippen LogP contribution in [0, 0.1) is 0 Å². The zero-order valence-corrected chi connectivity index (χ0v) is 16.0. The SMILES string of the molecule is CS(=O)(=O)N(CC(=O)N/N=C\c1ccccc1Cl)c1cccc(C(F)(F)F)c1. The van der Waals surface area contributed by atoms with Crippen molar-refractivity contribution in [1.82, 2.24) is 5.43 Å². The highest BCUT2D eigenvalue weighted by atomic mass is 35.5. The van der Waals surface area contributed by atoms with Crippen LogP contribution in [0.1, 0.15) is 11.1 Å². The van der Waals surface area contributed by atoms with Gasteiger partial charge in [0.05, 0.1) is 23.7 Å². The summed E-state index contributed by atoms with van der Waals surface area (Å²) in [7, 11) is -4.03. The van der Waals surface area contributed by atoms with Gasteiger partial charge in [0.15, 0.2) is 0 Å². The van der Waals surface area contributed by atoms with Crippen LogP contribution in [0.15, 0.2) is 53.6 Å². The van der Waals surface area contributed by atoms with Crippen LogP contribution in [0.25, 0.3) is 0 Å². The molecule has 0 atom stereocenters. The highest BCUT2D eigenvalue weighted by Crippen LogP contribution is 2.32. The van der Waals surface area contributed by atoms with E-state index in [1.54, 1.807) is 24.3 Å². The Bertz CT molecular complexity index is 994. The average molecular weight is 434 g/mol. The van der Waals surface area contributed by atoms with E-state index in [2.05, 4.69) is 10.5 Å². The van der Waals surface area contributed by atoms with Crippen molar-refractivity contribution in [3.8, 4) is 0 Å². The topological polar surface area (TPSA) is 78.8 Å². The quantitative estimate of drug-likeness (QED) is 0.561. The van der Waals surface area contributed by atoms with Crippen LogP contribution in [-0.4, -0.2) is 33.3 Å². The van der Waals surface area contributed by atoms with Crippen LogP contribution in [-0.2, 0) is 21.0 Å². The van der Waals surface area contributed by atoms with E-state index in [0.29, 0.717) is 21.0 Å². The predicted octanol–water partition coefficient (Wildman–Crippen LogP) is 3.28. The lowest BCUT2D eigenvalue weighted by molar-refractivity contribution is -0.137. The molecule has 28 heavy (non-hydrogen) atoms. The van der Waals surface area contributed by atoms with E-state index in [9.17, 15) is 26.4 Å². The maximum absolute atomic E-state index is 12.9. The van der Waals surface area contributed by atoms with Crippen molar-refractivity contribution < 1.29 is 26.4 Å². The standard InChI is InChI=1S/C17H15ClF3N3O3S/c1-28(26,27)24(14-7-4-6-13(9-14)17(19,20)21)11-16(25)23-22-10-12-5-2-3-8-15(12)18/h2-10H,11H2,1H3,(H,23,25)/b22-10-. The molecule has 0 aliphatic carbocycles. The lowest BCUT2D eigenvalue weighted by Crippen LogP contribution is -2.39. The molecule has 150 valence electrons. The summed E-state index contributed by atoms with van der Waals surface area (Å²) in [5.74, 6) is -0.842. The van der Waals surface area contributed by atoms with Gasteiger partial charge in [-0.1, -0.05) is 35.9 Å². The first kappa shape index (κ1) is 21.7.